The highest BCUT2D eigenvalue weighted by atomic mass is 19.1. The fourth-order valence-corrected chi connectivity index (χ4v) is 2.24. The van der Waals surface area contributed by atoms with Crippen molar-refractivity contribution in [2.24, 2.45) is 5.92 Å². The van der Waals surface area contributed by atoms with Gasteiger partial charge in [-0.3, -0.25) is 10.1 Å². The van der Waals surface area contributed by atoms with Crippen molar-refractivity contribution in [1.29, 1.82) is 0 Å². The molecule has 0 bridgehead atoms. The molecule has 0 radical (unpaired) electrons. The molecule has 0 saturated heterocycles. The first-order chi connectivity index (χ1) is 8.93. The van der Waals surface area contributed by atoms with Crippen LogP contribution >= 0.6 is 0 Å². The molecule has 0 aliphatic carbocycles. The number of likely N-dealkylation sites (N-methyl/N-ethyl adjacent to an activating group) is 1. The van der Waals surface area contributed by atoms with Gasteiger partial charge in [-0.2, -0.15) is 0 Å². The molecule has 1 atom stereocenters. The Balaban J connectivity index is 2.91. The Kier molecular flexibility index (Phi) is 5.89. The van der Waals surface area contributed by atoms with Crippen LogP contribution in [0.4, 0.5) is 10.1 Å². The first kappa shape index (κ1) is 15.6. The van der Waals surface area contributed by atoms with Crippen molar-refractivity contribution < 1.29 is 9.31 Å². The van der Waals surface area contributed by atoms with Gasteiger partial charge in [-0.05, 0) is 37.4 Å². The van der Waals surface area contributed by atoms with E-state index in [2.05, 4.69) is 19.2 Å². The first-order valence-corrected chi connectivity index (χ1v) is 6.60. The summed E-state index contributed by atoms with van der Waals surface area (Å²) in [7, 11) is 0. The smallest absolute Gasteiger partial charge is 0.275 e. The lowest BCUT2D eigenvalue weighted by atomic mass is 9.96. The number of nitro benzene ring substituents is 1. The van der Waals surface area contributed by atoms with Crippen molar-refractivity contribution in [2.45, 2.75) is 39.7 Å². The summed E-state index contributed by atoms with van der Waals surface area (Å²) in [6.45, 7) is 7.05. The van der Waals surface area contributed by atoms with E-state index in [1.54, 1.807) is 0 Å². The van der Waals surface area contributed by atoms with Crippen LogP contribution in [0.1, 0.15) is 32.8 Å². The Morgan fingerprint density at radius 1 is 1.42 bits per heavy atom. The van der Waals surface area contributed by atoms with Gasteiger partial charge in [0, 0.05) is 11.6 Å². The highest BCUT2D eigenvalue weighted by molar-refractivity contribution is 5.41. The Morgan fingerprint density at radius 3 is 2.63 bits per heavy atom. The van der Waals surface area contributed by atoms with Crippen LogP contribution in [0.15, 0.2) is 18.2 Å². The van der Waals surface area contributed by atoms with Crippen molar-refractivity contribution in [2.75, 3.05) is 6.54 Å². The zero-order valence-corrected chi connectivity index (χ0v) is 11.6. The zero-order chi connectivity index (χ0) is 14.4. The van der Waals surface area contributed by atoms with Crippen molar-refractivity contribution in [3.8, 4) is 0 Å². The van der Waals surface area contributed by atoms with E-state index in [1.807, 2.05) is 6.92 Å². The van der Waals surface area contributed by atoms with E-state index in [4.69, 9.17) is 0 Å². The number of hydrogen-bond acceptors (Lipinski definition) is 3. The van der Waals surface area contributed by atoms with E-state index >= 15 is 0 Å². The summed E-state index contributed by atoms with van der Waals surface area (Å²) < 4.78 is 13.1. The van der Waals surface area contributed by atoms with E-state index in [-0.39, 0.29) is 11.7 Å². The number of hydrogen-bond donors (Lipinski definition) is 1. The first-order valence-electron chi connectivity index (χ1n) is 6.60. The number of benzene rings is 1. The Labute approximate surface area is 113 Å². The maximum atomic E-state index is 13.1. The monoisotopic (exact) mass is 268 g/mol. The van der Waals surface area contributed by atoms with Gasteiger partial charge in [-0.15, -0.1) is 0 Å². The van der Waals surface area contributed by atoms with Crippen LogP contribution in [-0.4, -0.2) is 17.5 Å². The van der Waals surface area contributed by atoms with Gasteiger partial charge in [-0.25, -0.2) is 4.39 Å². The lowest BCUT2D eigenvalue weighted by Crippen LogP contribution is -2.32. The van der Waals surface area contributed by atoms with Gasteiger partial charge in [0.25, 0.3) is 5.69 Å². The van der Waals surface area contributed by atoms with Gasteiger partial charge in [0.1, 0.15) is 5.82 Å². The van der Waals surface area contributed by atoms with Gasteiger partial charge in [-0.1, -0.05) is 20.8 Å². The number of halogens is 1. The van der Waals surface area contributed by atoms with E-state index in [9.17, 15) is 14.5 Å². The zero-order valence-electron chi connectivity index (χ0n) is 11.6. The maximum Gasteiger partial charge on any atom is 0.275 e. The second kappa shape index (κ2) is 7.19. The number of nitro groups is 1. The SMILES string of the molecule is CCNC(Cc1ccc(F)cc1[N+](=O)[O-])CC(C)C. The molecule has 4 nitrogen and oxygen atoms in total. The van der Waals surface area contributed by atoms with E-state index in [1.165, 1.54) is 12.1 Å². The summed E-state index contributed by atoms with van der Waals surface area (Å²) in [6, 6.07) is 3.96. The molecule has 1 aromatic rings. The summed E-state index contributed by atoms with van der Waals surface area (Å²) in [5.74, 6) is -0.0668. The summed E-state index contributed by atoms with van der Waals surface area (Å²) in [6.07, 6.45) is 1.48. The molecular weight excluding hydrogens is 247 g/mol. The molecule has 0 spiro atoms. The number of nitrogens with one attached hydrogen (secondary N) is 1. The van der Waals surface area contributed by atoms with Crippen molar-refractivity contribution in [3.05, 3.63) is 39.7 Å². The number of nitrogens with zero attached hydrogens (tertiary/aromatic N) is 1. The molecule has 106 valence electrons. The Morgan fingerprint density at radius 2 is 2.11 bits per heavy atom. The van der Waals surface area contributed by atoms with Gasteiger partial charge >= 0.3 is 0 Å². The topological polar surface area (TPSA) is 55.2 Å². The third kappa shape index (κ3) is 4.95. The van der Waals surface area contributed by atoms with Crippen LogP contribution in [0.5, 0.6) is 0 Å². The lowest BCUT2D eigenvalue weighted by molar-refractivity contribution is -0.385. The molecule has 19 heavy (non-hydrogen) atoms. The summed E-state index contributed by atoms with van der Waals surface area (Å²) >= 11 is 0. The fourth-order valence-electron chi connectivity index (χ4n) is 2.24. The largest absolute Gasteiger partial charge is 0.314 e. The van der Waals surface area contributed by atoms with Crippen molar-refractivity contribution in [3.63, 3.8) is 0 Å². The second-order valence-electron chi connectivity index (χ2n) is 5.12. The van der Waals surface area contributed by atoms with Crippen LogP contribution in [0.2, 0.25) is 0 Å². The van der Waals surface area contributed by atoms with Crippen LogP contribution in [0, 0.1) is 21.8 Å². The Bertz CT molecular complexity index is 435. The fraction of sp³-hybridized carbons (Fsp3) is 0.571. The quantitative estimate of drug-likeness (QED) is 0.609. The third-order valence-electron chi connectivity index (χ3n) is 2.96. The van der Waals surface area contributed by atoms with E-state index < -0.39 is 10.7 Å². The third-order valence-corrected chi connectivity index (χ3v) is 2.96. The molecule has 5 heteroatoms. The molecular formula is C14H21FN2O2. The molecule has 1 N–H and O–H groups in total. The summed E-state index contributed by atoms with van der Waals surface area (Å²) in [5, 5.41) is 14.3. The van der Waals surface area contributed by atoms with E-state index in [0.29, 0.717) is 17.9 Å². The second-order valence-corrected chi connectivity index (χ2v) is 5.12. The van der Waals surface area contributed by atoms with Crippen molar-refractivity contribution >= 4 is 5.69 Å². The van der Waals surface area contributed by atoms with Crippen LogP contribution < -0.4 is 5.32 Å². The summed E-state index contributed by atoms with van der Waals surface area (Å²) in [5.41, 5.74) is 0.449. The average molecular weight is 268 g/mol. The molecule has 0 fully saturated rings. The standard InChI is InChI=1S/C14H21FN2O2/c1-4-16-13(7-10(2)3)8-11-5-6-12(15)9-14(11)17(18)19/h5-6,9-10,13,16H,4,7-8H2,1-3H3. The van der Waals surface area contributed by atoms with Crippen LogP contribution in [0.3, 0.4) is 0 Å². The molecule has 0 saturated carbocycles. The van der Waals surface area contributed by atoms with Crippen molar-refractivity contribution in [1.82, 2.24) is 5.32 Å². The minimum Gasteiger partial charge on any atom is -0.314 e. The molecule has 0 heterocycles. The highest BCUT2D eigenvalue weighted by Crippen LogP contribution is 2.22. The predicted molar refractivity (Wildman–Crippen MR) is 73.7 cm³/mol. The molecule has 0 aliphatic heterocycles. The number of rotatable bonds is 7. The van der Waals surface area contributed by atoms with Gasteiger partial charge in [0.05, 0.1) is 11.0 Å². The predicted octanol–water partition coefficient (Wildman–Crippen LogP) is 3.30. The molecule has 0 aliphatic rings. The van der Waals surface area contributed by atoms with Gasteiger partial charge in [0.2, 0.25) is 0 Å². The maximum absolute atomic E-state index is 13.1. The average Bonchev–Trinajstić information content (AvgIpc) is 2.30. The van der Waals surface area contributed by atoms with Crippen LogP contribution in [-0.2, 0) is 6.42 Å². The van der Waals surface area contributed by atoms with Gasteiger partial charge in [0.15, 0.2) is 0 Å². The normalized spacial score (nSPS) is 12.7. The van der Waals surface area contributed by atoms with E-state index in [0.717, 1.165) is 19.0 Å². The minimum atomic E-state index is -0.570. The minimum absolute atomic E-state index is 0.133. The van der Waals surface area contributed by atoms with Gasteiger partial charge < -0.3 is 5.32 Å². The molecule has 1 aromatic carbocycles. The molecule has 1 rings (SSSR count). The lowest BCUT2D eigenvalue weighted by Gasteiger charge is -2.20. The molecule has 0 aromatic heterocycles. The Hall–Kier alpha value is -1.49. The molecule has 1 unspecified atom stereocenters. The highest BCUT2D eigenvalue weighted by Gasteiger charge is 2.19. The molecule has 0 amide bonds. The van der Waals surface area contributed by atoms with Crippen LogP contribution in [0.25, 0.3) is 0 Å². The summed E-state index contributed by atoms with van der Waals surface area (Å²) in [4.78, 5) is 10.4.